The molecule has 3 rings (SSSR count). The minimum atomic E-state index is 0.154. The van der Waals surface area contributed by atoms with Crippen molar-refractivity contribution in [3.05, 3.63) is 34.9 Å². The van der Waals surface area contributed by atoms with E-state index < -0.39 is 0 Å². The van der Waals surface area contributed by atoms with E-state index in [4.69, 9.17) is 22.1 Å². The molecule has 2 fully saturated rings. The van der Waals surface area contributed by atoms with E-state index in [1.165, 1.54) is 24.8 Å². The van der Waals surface area contributed by atoms with Gasteiger partial charge in [0.1, 0.15) is 0 Å². The molecule has 2 aliphatic rings. The molecule has 0 aromatic heterocycles. The molecule has 1 aromatic rings. The van der Waals surface area contributed by atoms with Crippen LogP contribution in [0, 0.1) is 0 Å². The van der Waals surface area contributed by atoms with Crippen molar-refractivity contribution in [3.8, 4) is 0 Å². The van der Waals surface area contributed by atoms with Crippen molar-refractivity contribution in [1.29, 1.82) is 0 Å². The van der Waals surface area contributed by atoms with E-state index in [0.29, 0.717) is 5.96 Å². The van der Waals surface area contributed by atoms with E-state index in [1.807, 2.05) is 12.1 Å². The molecule has 1 saturated heterocycles. The molecule has 1 aliphatic carbocycles. The first-order chi connectivity index (χ1) is 10.2. The molecule has 0 radical (unpaired) electrons. The molecule has 0 spiro atoms. The maximum Gasteiger partial charge on any atom is 0.191 e. The summed E-state index contributed by atoms with van der Waals surface area (Å²) in [6.07, 6.45) is 3.61. The van der Waals surface area contributed by atoms with Gasteiger partial charge >= 0.3 is 0 Å². The SMILES string of the molecule is NC(=NCC1(c2ccc(Cl)cc2)CCC1)N1CCOCC1. The number of hydrogen-bond acceptors (Lipinski definition) is 2. The summed E-state index contributed by atoms with van der Waals surface area (Å²) in [7, 11) is 0. The van der Waals surface area contributed by atoms with Crippen LogP contribution in [0.25, 0.3) is 0 Å². The number of benzene rings is 1. The Balaban J connectivity index is 1.70. The lowest BCUT2D eigenvalue weighted by atomic mass is 9.64. The molecule has 2 N–H and O–H groups in total. The van der Waals surface area contributed by atoms with E-state index in [-0.39, 0.29) is 5.41 Å². The summed E-state index contributed by atoms with van der Waals surface area (Å²) < 4.78 is 5.34. The zero-order valence-corrected chi connectivity index (χ0v) is 13.0. The molecule has 1 aromatic carbocycles. The van der Waals surface area contributed by atoms with Crippen LogP contribution >= 0.6 is 11.6 Å². The number of rotatable bonds is 3. The minimum absolute atomic E-state index is 0.154. The second-order valence-electron chi connectivity index (χ2n) is 5.91. The van der Waals surface area contributed by atoms with Crippen LogP contribution in [-0.2, 0) is 10.2 Å². The average molecular weight is 308 g/mol. The fourth-order valence-corrected chi connectivity index (χ4v) is 3.20. The third-order valence-electron chi connectivity index (χ3n) is 4.65. The van der Waals surface area contributed by atoms with Crippen molar-refractivity contribution in [1.82, 2.24) is 4.90 Å². The summed E-state index contributed by atoms with van der Waals surface area (Å²) in [5.41, 5.74) is 7.62. The Morgan fingerprint density at radius 2 is 1.90 bits per heavy atom. The van der Waals surface area contributed by atoms with Crippen molar-refractivity contribution in [2.75, 3.05) is 32.8 Å². The van der Waals surface area contributed by atoms with Gasteiger partial charge in [0.15, 0.2) is 5.96 Å². The third-order valence-corrected chi connectivity index (χ3v) is 4.90. The highest BCUT2D eigenvalue weighted by molar-refractivity contribution is 6.30. The first-order valence-electron chi connectivity index (χ1n) is 7.58. The van der Waals surface area contributed by atoms with Crippen LogP contribution in [-0.4, -0.2) is 43.7 Å². The Labute approximate surface area is 130 Å². The quantitative estimate of drug-likeness (QED) is 0.689. The second-order valence-corrected chi connectivity index (χ2v) is 6.35. The van der Waals surface area contributed by atoms with Gasteiger partial charge in [-0.25, -0.2) is 0 Å². The Bertz CT molecular complexity index is 505. The monoisotopic (exact) mass is 307 g/mol. The molecule has 1 aliphatic heterocycles. The van der Waals surface area contributed by atoms with Crippen molar-refractivity contribution < 1.29 is 4.74 Å². The zero-order chi connectivity index (χ0) is 14.7. The van der Waals surface area contributed by atoms with Crippen LogP contribution in [0.15, 0.2) is 29.3 Å². The van der Waals surface area contributed by atoms with Crippen LogP contribution in [0.1, 0.15) is 24.8 Å². The third kappa shape index (κ3) is 3.16. The van der Waals surface area contributed by atoms with Gasteiger partial charge in [-0.1, -0.05) is 30.2 Å². The predicted octanol–water partition coefficient (Wildman–Crippen LogP) is 2.41. The maximum atomic E-state index is 6.14. The van der Waals surface area contributed by atoms with Crippen LogP contribution in [0.3, 0.4) is 0 Å². The molecular formula is C16H22ClN3O. The standard InChI is InChI=1S/C16H22ClN3O/c17-14-4-2-13(3-5-14)16(6-1-7-16)12-19-15(18)20-8-10-21-11-9-20/h2-5H,1,6-12H2,(H2,18,19). The van der Waals surface area contributed by atoms with E-state index >= 15 is 0 Å². The number of halogens is 1. The first kappa shape index (κ1) is 14.7. The number of aliphatic imine (C=N–C) groups is 1. The predicted molar refractivity (Wildman–Crippen MR) is 85.9 cm³/mol. The fourth-order valence-electron chi connectivity index (χ4n) is 3.07. The Kier molecular flexibility index (Phi) is 4.36. The van der Waals surface area contributed by atoms with Crippen molar-refractivity contribution in [2.24, 2.45) is 10.7 Å². The normalized spacial score (nSPS) is 22.0. The fraction of sp³-hybridized carbons (Fsp3) is 0.562. The topological polar surface area (TPSA) is 50.8 Å². The van der Waals surface area contributed by atoms with Crippen LogP contribution in [0.5, 0.6) is 0 Å². The Morgan fingerprint density at radius 1 is 1.24 bits per heavy atom. The number of guanidine groups is 1. The molecule has 4 nitrogen and oxygen atoms in total. The number of nitrogens with zero attached hydrogens (tertiary/aromatic N) is 2. The van der Waals surface area contributed by atoms with Gasteiger partial charge in [0.05, 0.1) is 19.8 Å². The lowest BCUT2D eigenvalue weighted by Crippen LogP contribution is -2.46. The van der Waals surface area contributed by atoms with Crippen LogP contribution in [0.2, 0.25) is 5.02 Å². The molecule has 0 amide bonds. The molecule has 5 heteroatoms. The summed E-state index contributed by atoms with van der Waals surface area (Å²) in [4.78, 5) is 6.78. The number of ether oxygens (including phenoxy) is 1. The second kappa shape index (κ2) is 6.24. The molecule has 1 saturated carbocycles. The molecule has 114 valence electrons. The highest BCUT2D eigenvalue weighted by Crippen LogP contribution is 2.44. The molecule has 0 unspecified atom stereocenters. The zero-order valence-electron chi connectivity index (χ0n) is 12.2. The number of hydrogen-bond donors (Lipinski definition) is 1. The Hall–Kier alpha value is -1.26. The van der Waals surface area contributed by atoms with Gasteiger partial charge < -0.3 is 15.4 Å². The highest BCUT2D eigenvalue weighted by atomic mass is 35.5. The number of nitrogens with two attached hydrogens (primary N) is 1. The van der Waals surface area contributed by atoms with Crippen molar-refractivity contribution in [2.45, 2.75) is 24.7 Å². The highest BCUT2D eigenvalue weighted by Gasteiger charge is 2.38. The summed E-state index contributed by atoms with van der Waals surface area (Å²) in [5.74, 6) is 0.651. The Morgan fingerprint density at radius 3 is 2.48 bits per heavy atom. The van der Waals surface area contributed by atoms with E-state index in [9.17, 15) is 0 Å². The molecular weight excluding hydrogens is 286 g/mol. The van der Waals surface area contributed by atoms with Crippen LogP contribution in [0.4, 0.5) is 0 Å². The minimum Gasteiger partial charge on any atom is -0.378 e. The molecule has 21 heavy (non-hydrogen) atoms. The lowest BCUT2D eigenvalue weighted by Gasteiger charge is -2.41. The molecule has 0 atom stereocenters. The lowest BCUT2D eigenvalue weighted by molar-refractivity contribution is 0.0673. The largest absolute Gasteiger partial charge is 0.378 e. The van der Waals surface area contributed by atoms with E-state index in [2.05, 4.69) is 22.0 Å². The smallest absolute Gasteiger partial charge is 0.191 e. The molecule has 1 heterocycles. The van der Waals surface area contributed by atoms with Gasteiger partial charge in [-0.2, -0.15) is 0 Å². The summed E-state index contributed by atoms with van der Waals surface area (Å²) in [6, 6.07) is 8.18. The van der Waals surface area contributed by atoms with Crippen molar-refractivity contribution in [3.63, 3.8) is 0 Å². The number of morpholine rings is 1. The average Bonchev–Trinajstić information content (AvgIpc) is 2.48. The van der Waals surface area contributed by atoms with E-state index in [0.717, 1.165) is 37.9 Å². The maximum absolute atomic E-state index is 6.14. The van der Waals surface area contributed by atoms with Gasteiger partial charge in [0, 0.05) is 23.5 Å². The van der Waals surface area contributed by atoms with Gasteiger partial charge in [-0.15, -0.1) is 0 Å². The van der Waals surface area contributed by atoms with Gasteiger partial charge in [-0.05, 0) is 30.5 Å². The van der Waals surface area contributed by atoms with E-state index in [1.54, 1.807) is 0 Å². The summed E-state index contributed by atoms with van der Waals surface area (Å²) >= 11 is 5.99. The summed E-state index contributed by atoms with van der Waals surface area (Å²) in [6.45, 7) is 3.90. The van der Waals surface area contributed by atoms with Gasteiger partial charge in [0.25, 0.3) is 0 Å². The summed E-state index contributed by atoms with van der Waals surface area (Å²) in [5, 5.41) is 0.782. The molecule has 0 bridgehead atoms. The van der Waals surface area contributed by atoms with Gasteiger partial charge in [-0.3, -0.25) is 4.99 Å². The van der Waals surface area contributed by atoms with Gasteiger partial charge in [0.2, 0.25) is 0 Å². The first-order valence-corrected chi connectivity index (χ1v) is 7.96. The van der Waals surface area contributed by atoms with Crippen molar-refractivity contribution >= 4 is 17.6 Å². The van der Waals surface area contributed by atoms with Crippen LogP contribution < -0.4 is 5.73 Å².